The van der Waals surface area contributed by atoms with Crippen LogP contribution in [0.3, 0.4) is 0 Å². The fourth-order valence-electron chi connectivity index (χ4n) is 1.63. The second kappa shape index (κ2) is 4.91. The molecule has 1 unspecified atom stereocenters. The lowest BCUT2D eigenvalue weighted by Gasteiger charge is -2.12. The lowest BCUT2D eigenvalue weighted by Crippen LogP contribution is -2.27. The van der Waals surface area contributed by atoms with E-state index in [-0.39, 0.29) is 24.3 Å². The fraction of sp³-hybridized carbons (Fsp3) is 0.364. The molecule has 0 aromatic heterocycles. The van der Waals surface area contributed by atoms with E-state index in [9.17, 15) is 14.9 Å². The van der Waals surface area contributed by atoms with E-state index in [1.165, 1.54) is 13.2 Å². The average molecular weight is 253 g/mol. The topological polar surface area (TPSA) is 87.9 Å². The van der Waals surface area contributed by atoms with Crippen molar-refractivity contribution in [2.24, 2.45) is 0 Å². The van der Waals surface area contributed by atoms with Gasteiger partial charge in [0, 0.05) is 0 Å². The third-order valence-corrected chi connectivity index (χ3v) is 2.50. The smallest absolute Gasteiger partial charge is 0.357 e. The molecular formula is C11H11NO6. The minimum Gasteiger partial charge on any atom is -0.489 e. The highest BCUT2D eigenvalue weighted by Crippen LogP contribution is 2.35. The van der Waals surface area contributed by atoms with Crippen molar-refractivity contribution in [1.29, 1.82) is 0 Å². The van der Waals surface area contributed by atoms with Crippen molar-refractivity contribution in [3.8, 4) is 11.5 Å². The van der Waals surface area contributed by atoms with Crippen molar-refractivity contribution in [1.82, 2.24) is 0 Å². The van der Waals surface area contributed by atoms with Gasteiger partial charge in [0.2, 0.25) is 0 Å². The predicted molar refractivity (Wildman–Crippen MR) is 59.3 cm³/mol. The lowest BCUT2D eigenvalue weighted by atomic mass is 10.2. The van der Waals surface area contributed by atoms with Crippen molar-refractivity contribution in [3.63, 3.8) is 0 Å². The van der Waals surface area contributed by atoms with E-state index >= 15 is 0 Å². The van der Waals surface area contributed by atoms with Crippen LogP contribution in [0.4, 0.5) is 0 Å². The number of fused-ring (bicyclic) bond motifs is 1. The summed E-state index contributed by atoms with van der Waals surface area (Å²) in [6.07, 6.45) is -1.11. The summed E-state index contributed by atoms with van der Waals surface area (Å²) in [5.41, 5.74) is 0.115. The summed E-state index contributed by atoms with van der Waals surface area (Å²) in [5, 5.41) is 10.8. The molecule has 0 amide bonds. The number of carbonyl (C=O) groups is 1. The van der Waals surface area contributed by atoms with Gasteiger partial charge >= 0.3 is 12.2 Å². The number of benzene rings is 1. The molecule has 0 bridgehead atoms. The summed E-state index contributed by atoms with van der Waals surface area (Å²) >= 11 is 0. The molecule has 1 atom stereocenters. The van der Waals surface area contributed by atoms with E-state index < -0.39 is 17.1 Å². The van der Waals surface area contributed by atoms with Gasteiger partial charge in [-0.05, 0) is 12.1 Å². The van der Waals surface area contributed by atoms with Crippen LogP contribution in [0.15, 0.2) is 18.2 Å². The molecule has 0 saturated carbocycles. The Morgan fingerprint density at radius 2 is 2.33 bits per heavy atom. The maximum atomic E-state index is 11.5. The molecule has 2 rings (SSSR count). The third-order valence-electron chi connectivity index (χ3n) is 2.50. The first-order chi connectivity index (χ1) is 8.63. The number of esters is 1. The standard InChI is InChI=1S/C11H11NO6/c1-16-11(13)7-3-2-4-8-10(7)18-9(12(14)15)5-6-17-8/h2-4,9H,5-6H2,1H3. The van der Waals surface area contributed by atoms with Crippen LogP contribution >= 0.6 is 0 Å². The molecule has 1 aromatic carbocycles. The van der Waals surface area contributed by atoms with Gasteiger partial charge in [0.25, 0.3) is 0 Å². The molecule has 1 aliphatic rings. The second-order valence-corrected chi connectivity index (χ2v) is 3.62. The van der Waals surface area contributed by atoms with Crippen molar-refractivity contribution in [2.75, 3.05) is 13.7 Å². The molecule has 1 aliphatic heterocycles. The SMILES string of the molecule is COC(=O)c1cccc2c1OC([N+](=O)[O-])CCO2. The fourth-order valence-corrected chi connectivity index (χ4v) is 1.63. The zero-order valence-electron chi connectivity index (χ0n) is 9.62. The van der Waals surface area contributed by atoms with Crippen molar-refractivity contribution in [3.05, 3.63) is 33.9 Å². The number of ether oxygens (including phenoxy) is 3. The Hall–Kier alpha value is -2.31. The molecule has 7 heteroatoms. The summed E-state index contributed by atoms with van der Waals surface area (Å²) < 4.78 is 15.2. The van der Waals surface area contributed by atoms with Crippen LogP contribution in [0, 0.1) is 10.1 Å². The highest BCUT2D eigenvalue weighted by Gasteiger charge is 2.30. The summed E-state index contributed by atoms with van der Waals surface area (Å²) in [6, 6.07) is 4.65. The summed E-state index contributed by atoms with van der Waals surface area (Å²) in [5.74, 6) is -0.259. The maximum absolute atomic E-state index is 11.5. The van der Waals surface area contributed by atoms with Gasteiger partial charge in [0.15, 0.2) is 11.5 Å². The van der Waals surface area contributed by atoms with E-state index in [1.807, 2.05) is 0 Å². The van der Waals surface area contributed by atoms with Crippen LogP contribution < -0.4 is 9.47 Å². The Labute approximate surface area is 102 Å². The van der Waals surface area contributed by atoms with Gasteiger partial charge in [0.1, 0.15) is 5.56 Å². The van der Waals surface area contributed by atoms with Gasteiger partial charge in [-0.15, -0.1) is 0 Å². The van der Waals surface area contributed by atoms with Crippen LogP contribution in [-0.4, -0.2) is 30.8 Å². The molecular weight excluding hydrogens is 242 g/mol. The monoisotopic (exact) mass is 253 g/mol. The number of rotatable bonds is 2. The largest absolute Gasteiger partial charge is 0.489 e. The number of carbonyl (C=O) groups excluding carboxylic acids is 1. The van der Waals surface area contributed by atoms with Crippen LogP contribution in [0.5, 0.6) is 11.5 Å². The van der Waals surface area contributed by atoms with Gasteiger partial charge in [-0.1, -0.05) is 6.07 Å². The maximum Gasteiger partial charge on any atom is 0.357 e. The molecule has 1 aromatic rings. The van der Waals surface area contributed by atoms with E-state index in [4.69, 9.17) is 9.47 Å². The summed E-state index contributed by atoms with van der Waals surface area (Å²) in [4.78, 5) is 21.8. The predicted octanol–water partition coefficient (Wildman–Crippen LogP) is 1.24. The lowest BCUT2D eigenvalue weighted by molar-refractivity contribution is -0.563. The highest BCUT2D eigenvalue weighted by molar-refractivity contribution is 5.93. The normalized spacial score (nSPS) is 17.7. The number of nitro groups is 1. The first-order valence-electron chi connectivity index (χ1n) is 5.27. The molecule has 18 heavy (non-hydrogen) atoms. The summed E-state index contributed by atoms with van der Waals surface area (Å²) in [7, 11) is 1.23. The molecule has 0 spiro atoms. The van der Waals surface area contributed by atoms with Gasteiger partial charge in [-0.2, -0.15) is 0 Å². The molecule has 0 saturated heterocycles. The van der Waals surface area contributed by atoms with Gasteiger partial charge < -0.3 is 14.2 Å². The zero-order valence-corrected chi connectivity index (χ0v) is 9.62. The van der Waals surface area contributed by atoms with E-state index in [1.54, 1.807) is 12.1 Å². The minimum absolute atomic E-state index is 0.0588. The van der Waals surface area contributed by atoms with Crippen LogP contribution in [0.2, 0.25) is 0 Å². The van der Waals surface area contributed by atoms with Crippen molar-refractivity contribution < 1.29 is 23.9 Å². The van der Waals surface area contributed by atoms with Crippen LogP contribution in [0.1, 0.15) is 16.8 Å². The minimum atomic E-state index is -1.22. The Balaban J connectivity index is 2.43. The Morgan fingerprint density at radius 1 is 1.56 bits per heavy atom. The molecule has 0 aliphatic carbocycles. The Morgan fingerprint density at radius 3 is 3.00 bits per heavy atom. The van der Waals surface area contributed by atoms with Gasteiger partial charge in [-0.25, -0.2) is 4.79 Å². The Bertz CT molecular complexity index is 486. The highest BCUT2D eigenvalue weighted by atomic mass is 16.7. The number of hydrogen-bond acceptors (Lipinski definition) is 6. The molecule has 0 N–H and O–H groups in total. The van der Waals surface area contributed by atoms with Crippen LogP contribution in [-0.2, 0) is 4.74 Å². The first kappa shape index (κ1) is 12.2. The first-order valence-corrected chi connectivity index (χ1v) is 5.27. The average Bonchev–Trinajstić information content (AvgIpc) is 2.59. The van der Waals surface area contributed by atoms with Crippen LogP contribution in [0.25, 0.3) is 0 Å². The molecule has 0 fully saturated rings. The number of hydrogen-bond donors (Lipinski definition) is 0. The van der Waals surface area contributed by atoms with Crippen molar-refractivity contribution >= 4 is 5.97 Å². The number of para-hydroxylation sites is 1. The summed E-state index contributed by atoms with van der Waals surface area (Å²) in [6.45, 7) is 0.156. The van der Waals surface area contributed by atoms with Gasteiger partial charge in [-0.3, -0.25) is 10.1 Å². The molecule has 7 nitrogen and oxygen atoms in total. The molecule has 0 radical (unpaired) electrons. The molecule has 1 heterocycles. The molecule has 96 valence electrons. The zero-order chi connectivity index (χ0) is 13.1. The Kier molecular flexibility index (Phi) is 3.31. The van der Waals surface area contributed by atoms with Gasteiger partial charge in [0.05, 0.1) is 25.1 Å². The number of methoxy groups -OCH3 is 1. The van der Waals surface area contributed by atoms with E-state index in [0.717, 1.165) is 0 Å². The quantitative estimate of drug-likeness (QED) is 0.447. The third kappa shape index (κ3) is 2.20. The number of nitrogens with zero attached hydrogens (tertiary/aromatic N) is 1. The second-order valence-electron chi connectivity index (χ2n) is 3.62. The van der Waals surface area contributed by atoms with E-state index in [2.05, 4.69) is 4.74 Å². The van der Waals surface area contributed by atoms with E-state index in [0.29, 0.717) is 5.75 Å². The van der Waals surface area contributed by atoms with Crippen molar-refractivity contribution in [2.45, 2.75) is 12.6 Å².